The number of aromatic nitrogens is 1. The maximum absolute atomic E-state index is 11.7. The van der Waals surface area contributed by atoms with Crippen LogP contribution in [0.4, 0.5) is 11.4 Å². The Morgan fingerprint density at radius 3 is 2.81 bits per heavy atom. The lowest BCUT2D eigenvalue weighted by molar-refractivity contribution is -0.384. The lowest BCUT2D eigenvalue weighted by Gasteiger charge is -2.20. The van der Waals surface area contributed by atoms with Gasteiger partial charge in [0.25, 0.3) is 5.69 Å². The molecule has 0 atom stereocenters. The summed E-state index contributed by atoms with van der Waals surface area (Å²) in [4.78, 5) is 28.6. The van der Waals surface area contributed by atoms with Crippen molar-refractivity contribution in [1.82, 2.24) is 4.98 Å². The van der Waals surface area contributed by atoms with E-state index >= 15 is 0 Å². The second kappa shape index (κ2) is 7.73. The fourth-order valence-electron chi connectivity index (χ4n) is 2.73. The van der Waals surface area contributed by atoms with Crippen molar-refractivity contribution in [3.63, 3.8) is 0 Å². The van der Waals surface area contributed by atoms with Gasteiger partial charge in [0.1, 0.15) is 5.69 Å². The predicted octanol–water partition coefficient (Wildman–Crippen LogP) is 5.16. The minimum atomic E-state index is -0.472. The molecule has 0 unspecified atom stereocenters. The number of anilines is 1. The van der Waals surface area contributed by atoms with Gasteiger partial charge >= 0.3 is 0 Å². The molecule has 2 aromatic carbocycles. The van der Waals surface area contributed by atoms with E-state index in [9.17, 15) is 14.9 Å². The van der Waals surface area contributed by atoms with Crippen molar-refractivity contribution in [2.75, 3.05) is 11.2 Å². The molecule has 1 aromatic heterocycles. The molecule has 3 aromatic rings. The Labute approximate surface area is 166 Å². The first-order valence-electron chi connectivity index (χ1n) is 7.53. The van der Waals surface area contributed by atoms with E-state index in [0.29, 0.717) is 22.1 Å². The molecular weight excluding hydrogens is 438 g/mol. The molecule has 0 aliphatic rings. The van der Waals surface area contributed by atoms with Crippen molar-refractivity contribution < 1.29 is 9.72 Å². The molecule has 26 heavy (non-hydrogen) atoms. The molecule has 0 saturated carbocycles. The van der Waals surface area contributed by atoms with Gasteiger partial charge in [-0.05, 0) is 42.5 Å². The summed E-state index contributed by atoms with van der Waals surface area (Å²) in [6.45, 7) is 2.00. The number of fused-ring (bicyclic) bond motifs is 1. The average Bonchev–Trinajstić information content (AvgIpc) is 3.02. The highest BCUT2D eigenvalue weighted by Crippen LogP contribution is 2.36. The van der Waals surface area contributed by atoms with Gasteiger partial charge in [0.15, 0.2) is 4.34 Å². The van der Waals surface area contributed by atoms with Crippen LogP contribution in [0, 0.1) is 17.0 Å². The van der Waals surface area contributed by atoms with Crippen LogP contribution in [0.25, 0.3) is 10.2 Å². The number of carbonyl (C=O) groups is 1. The largest absolute Gasteiger partial charge is 0.304 e. The molecule has 0 fully saturated rings. The third-order valence-corrected chi connectivity index (χ3v) is 6.28. The van der Waals surface area contributed by atoms with Gasteiger partial charge in [-0.25, -0.2) is 4.98 Å². The number of nitro groups is 1. The second-order valence-electron chi connectivity index (χ2n) is 5.57. The summed E-state index contributed by atoms with van der Waals surface area (Å²) in [5, 5.41) is 11.4. The van der Waals surface area contributed by atoms with E-state index in [-0.39, 0.29) is 12.2 Å². The van der Waals surface area contributed by atoms with Gasteiger partial charge in [-0.2, -0.15) is 0 Å². The Bertz CT molecular complexity index is 1010. The molecule has 3 rings (SSSR count). The van der Waals surface area contributed by atoms with Gasteiger partial charge in [-0.3, -0.25) is 14.9 Å². The van der Waals surface area contributed by atoms with E-state index in [1.165, 1.54) is 11.0 Å². The first-order chi connectivity index (χ1) is 12.4. The number of nitro benzene ring substituents is 1. The van der Waals surface area contributed by atoms with E-state index in [1.54, 1.807) is 36.1 Å². The Morgan fingerprint density at radius 2 is 2.15 bits per heavy atom. The van der Waals surface area contributed by atoms with Gasteiger partial charge < -0.3 is 4.90 Å². The zero-order valence-electron chi connectivity index (χ0n) is 13.9. The summed E-state index contributed by atoms with van der Waals surface area (Å²) in [7, 11) is 0. The van der Waals surface area contributed by atoms with Crippen LogP contribution in [0.1, 0.15) is 11.1 Å². The van der Waals surface area contributed by atoms with Crippen LogP contribution in [0.2, 0.25) is 0 Å². The van der Waals surface area contributed by atoms with Crippen molar-refractivity contribution in [2.45, 2.75) is 17.8 Å². The van der Waals surface area contributed by atoms with Crippen LogP contribution >= 0.6 is 39.0 Å². The molecule has 134 valence electrons. The highest BCUT2D eigenvalue weighted by atomic mass is 79.9. The topological polar surface area (TPSA) is 76.3 Å². The first-order valence-corrected chi connectivity index (χ1v) is 10.4. The van der Waals surface area contributed by atoms with Crippen LogP contribution in [-0.4, -0.2) is 22.6 Å². The molecule has 0 N–H and O–H groups in total. The minimum Gasteiger partial charge on any atom is -0.304 e. The number of thiazole rings is 1. The van der Waals surface area contributed by atoms with Gasteiger partial charge in [0.2, 0.25) is 6.41 Å². The van der Waals surface area contributed by atoms with Crippen molar-refractivity contribution >= 4 is 67.0 Å². The van der Waals surface area contributed by atoms with Crippen molar-refractivity contribution in [3.05, 3.63) is 56.0 Å². The van der Waals surface area contributed by atoms with Gasteiger partial charge in [-0.1, -0.05) is 33.8 Å². The number of nitrogens with zero attached hydrogens (tertiary/aromatic N) is 3. The normalized spacial score (nSPS) is 10.9. The second-order valence-corrected chi connectivity index (χ2v) is 8.57. The summed E-state index contributed by atoms with van der Waals surface area (Å²) in [6, 6.07) is 8.95. The fourth-order valence-corrected chi connectivity index (χ4v) is 4.84. The highest BCUT2D eigenvalue weighted by molar-refractivity contribution is 9.10. The third kappa shape index (κ3) is 3.74. The predicted molar refractivity (Wildman–Crippen MR) is 109 cm³/mol. The summed E-state index contributed by atoms with van der Waals surface area (Å²) in [5.74, 6) is 0. The van der Waals surface area contributed by atoms with E-state index in [1.807, 2.05) is 24.5 Å². The molecule has 6 nitrogen and oxygen atoms in total. The quantitative estimate of drug-likeness (QED) is 0.224. The van der Waals surface area contributed by atoms with Crippen LogP contribution in [0.3, 0.4) is 0 Å². The molecule has 0 bridgehead atoms. The van der Waals surface area contributed by atoms with E-state index < -0.39 is 4.92 Å². The lowest BCUT2D eigenvalue weighted by Crippen LogP contribution is -2.22. The first kappa shape index (κ1) is 18.8. The molecule has 0 saturated heterocycles. The summed E-state index contributed by atoms with van der Waals surface area (Å²) in [5.41, 5.74) is 2.65. The SMILES string of the molecule is CSc1nc2ccc(CN(C=O)c3c(C)cc(Br)cc3[N+](=O)[O-])cc2s1. The van der Waals surface area contributed by atoms with Gasteiger partial charge in [-0.15, -0.1) is 11.3 Å². The maximum atomic E-state index is 11.7. The molecule has 1 amide bonds. The number of hydrogen-bond donors (Lipinski definition) is 0. The van der Waals surface area contributed by atoms with Crippen LogP contribution in [0.5, 0.6) is 0 Å². The number of aryl methyl sites for hydroxylation is 1. The number of thioether (sulfide) groups is 1. The molecule has 0 aliphatic carbocycles. The average molecular weight is 452 g/mol. The molecule has 0 aliphatic heterocycles. The van der Waals surface area contributed by atoms with Gasteiger partial charge in [0.05, 0.1) is 21.7 Å². The number of amides is 1. The number of rotatable bonds is 6. The van der Waals surface area contributed by atoms with E-state index in [0.717, 1.165) is 20.1 Å². The van der Waals surface area contributed by atoms with E-state index in [4.69, 9.17) is 0 Å². The Kier molecular flexibility index (Phi) is 5.59. The Balaban J connectivity index is 2.00. The standard InChI is InChI=1S/C17H14BrN3O3S2/c1-10-5-12(18)7-14(21(23)24)16(10)20(9-22)8-11-3-4-13-15(6-11)26-17(19-13)25-2/h3-7,9H,8H2,1-2H3. The monoisotopic (exact) mass is 451 g/mol. The van der Waals surface area contributed by atoms with Crippen molar-refractivity contribution in [2.24, 2.45) is 0 Å². The van der Waals surface area contributed by atoms with Crippen LogP contribution in [0.15, 0.2) is 39.1 Å². The summed E-state index contributed by atoms with van der Waals surface area (Å²) in [6.07, 6.45) is 2.61. The molecular formula is C17H14BrN3O3S2. The maximum Gasteiger partial charge on any atom is 0.294 e. The minimum absolute atomic E-state index is 0.104. The number of benzene rings is 2. The highest BCUT2D eigenvalue weighted by Gasteiger charge is 2.23. The fraction of sp³-hybridized carbons (Fsp3) is 0.176. The van der Waals surface area contributed by atoms with E-state index in [2.05, 4.69) is 20.9 Å². The van der Waals surface area contributed by atoms with Crippen LogP contribution < -0.4 is 4.90 Å². The Hall–Kier alpha value is -1.97. The number of halogens is 1. The molecule has 1 heterocycles. The van der Waals surface area contributed by atoms with Crippen LogP contribution in [-0.2, 0) is 11.3 Å². The van der Waals surface area contributed by atoms with Crippen molar-refractivity contribution in [3.8, 4) is 0 Å². The van der Waals surface area contributed by atoms with Gasteiger partial charge in [0, 0.05) is 10.5 Å². The zero-order chi connectivity index (χ0) is 18.8. The third-order valence-electron chi connectivity index (χ3n) is 3.82. The lowest BCUT2D eigenvalue weighted by atomic mass is 10.1. The Morgan fingerprint density at radius 1 is 1.38 bits per heavy atom. The van der Waals surface area contributed by atoms with Crippen molar-refractivity contribution in [1.29, 1.82) is 0 Å². The molecule has 9 heteroatoms. The number of carbonyl (C=O) groups excluding carboxylic acids is 1. The molecule has 0 radical (unpaired) electrons. The summed E-state index contributed by atoms with van der Waals surface area (Å²) >= 11 is 6.44. The number of hydrogen-bond acceptors (Lipinski definition) is 6. The summed E-state index contributed by atoms with van der Waals surface area (Å²) < 4.78 is 2.61. The smallest absolute Gasteiger partial charge is 0.294 e. The molecule has 0 spiro atoms. The zero-order valence-corrected chi connectivity index (χ0v) is 17.2.